The summed E-state index contributed by atoms with van der Waals surface area (Å²) in [6.45, 7) is 12.6. The summed E-state index contributed by atoms with van der Waals surface area (Å²) in [4.78, 5) is 25.8. The van der Waals surface area contributed by atoms with E-state index in [0.717, 1.165) is 0 Å². The molecular formula is C21H30O8S. The third-order valence-electron chi connectivity index (χ3n) is 7.84. The minimum absolute atomic E-state index is 0.0391. The van der Waals surface area contributed by atoms with Crippen molar-refractivity contribution < 1.29 is 36.7 Å². The van der Waals surface area contributed by atoms with Gasteiger partial charge in [0, 0.05) is 24.7 Å². The highest BCUT2D eigenvalue weighted by Crippen LogP contribution is 2.67. The molecule has 0 bridgehead atoms. The van der Waals surface area contributed by atoms with Gasteiger partial charge in [0.15, 0.2) is 17.5 Å². The third kappa shape index (κ3) is 2.68. The average Bonchev–Trinajstić information content (AvgIpc) is 2.62. The van der Waals surface area contributed by atoms with Gasteiger partial charge in [0.1, 0.15) is 6.10 Å². The molecule has 0 aromatic rings. The quantitative estimate of drug-likeness (QED) is 0.509. The lowest BCUT2D eigenvalue weighted by Crippen LogP contribution is -2.84. The molecule has 4 aliphatic rings. The molecule has 2 saturated carbocycles. The molecule has 4 fully saturated rings. The highest BCUT2D eigenvalue weighted by atomic mass is 32.2. The first kappa shape index (κ1) is 22.1. The van der Waals surface area contributed by atoms with Gasteiger partial charge in [-0.2, -0.15) is 4.21 Å². The number of ketones is 1. The summed E-state index contributed by atoms with van der Waals surface area (Å²) in [5.74, 6) is -1.45. The number of carbonyl (C=O) groups is 2. The monoisotopic (exact) mass is 442 g/mol. The van der Waals surface area contributed by atoms with Crippen molar-refractivity contribution in [2.45, 2.75) is 89.5 Å². The van der Waals surface area contributed by atoms with E-state index in [2.05, 4.69) is 6.58 Å². The van der Waals surface area contributed by atoms with Crippen LogP contribution in [0.5, 0.6) is 0 Å². The molecule has 2 saturated heterocycles. The summed E-state index contributed by atoms with van der Waals surface area (Å²) in [6.07, 6.45) is -1.33. The molecule has 1 N–H and O–H groups in total. The molecule has 2 aliphatic heterocycles. The maximum Gasteiger partial charge on any atom is 0.306 e. The fourth-order valence-electron chi connectivity index (χ4n) is 6.55. The van der Waals surface area contributed by atoms with E-state index in [1.54, 1.807) is 6.92 Å². The van der Waals surface area contributed by atoms with Crippen LogP contribution in [0.2, 0.25) is 0 Å². The molecule has 0 radical (unpaired) electrons. The van der Waals surface area contributed by atoms with E-state index in [9.17, 15) is 18.9 Å². The van der Waals surface area contributed by atoms with Gasteiger partial charge in [-0.15, -0.1) is 6.58 Å². The van der Waals surface area contributed by atoms with Gasteiger partial charge in [-0.1, -0.05) is 26.8 Å². The highest BCUT2D eigenvalue weighted by Gasteiger charge is 2.80. The van der Waals surface area contributed by atoms with Gasteiger partial charge >= 0.3 is 17.3 Å². The van der Waals surface area contributed by atoms with Crippen LogP contribution in [0.4, 0.5) is 0 Å². The molecule has 4 rings (SSSR count). The Bertz CT molecular complexity index is 826. The lowest BCUT2D eigenvalue weighted by Gasteiger charge is -2.70. The van der Waals surface area contributed by atoms with Crippen LogP contribution < -0.4 is 0 Å². The van der Waals surface area contributed by atoms with Crippen LogP contribution in [-0.2, 0) is 38.8 Å². The highest BCUT2D eigenvalue weighted by molar-refractivity contribution is 7.75. The second-order valence-corrected chi connectivity index (χ2v) is 10.9. The first-order valence-corrected chi connectivity index (χ1v) is 11.3. The van der Waals surface area contributed by atoms with Gasteiger partial charge < -0.3 is 14.6 Å². The number of aliphatic hydroxyl groups excluding tert-OH is 1. The minimum Gasteiger partial charge on any atom is -0.457 e. The van der Waals surface area contributed by atoms with Crippen molar-refractivity contribution in [3.63, 3.8) is 0 Å². The Morgan fingerprint density at radius 3 is 2.60 bits per heavy atom. The predicted octanol–water partition coefficient (Wildman–Crippen LogP) is 1.77. The summed E-state index contributed by atoms with van der Waals surface area (Å²) in [5, 5.41) is 11.5. The molecule has 9 atom stereocenters. The summed E-state index contributed by atoms with van der Waals surface area (Å²) in [5.41, 5.74) is -4.20. The molecule has 4 unspecified atom stereocenters. The molecule has 1 spiro atoms. The number of carbonyl (C=O) groups excluding carboxylic acids is 2. The standard InChI is InChI=1S/C21H30O8S/c1-7-19(5)10-12(23)21-17(27-19)15(26-11(2)22)14(24)16-18(3,4)9-8-13(20(16,21)6)28-30(25)29-21/h7,13-17,24H,1,8-10H2,2-6H3/t13-,14?,15?,16-,17+,19-,20?,21+,30?/m0/s1. The molecule has 0 aromatic heterocycles. The molecule has 168 valence electrons. The number of hydrogen-bond donors (Lipinski definition) is 1. The Balaban J connectivity index is 1.99. The van der Waals surface area contributed by atoms with Crippen LogP contribution in [0.15, 0.2) is 12.7 Å². The van der Waals surface area contributed by atoms with Crippen LogP contribution in [0.1, 0.15) is 53.9 Å². The first-order chi connectivity index (χ1) is 13.8. The molecule has 0 aromatic carbocycles. The maximum atomic E-state index is 13.8. The zero-order valence-electron chi connectivity index (χ0n) is 18.0. The van der Waals surface area contributed by atoms with Gasteiger partial charge in [0.25, 0.3) is 0 Å². The van der Waals surface area contributed by atoms with Crippen molar-refractivity contribution in [1.29, 1.82) is 0 Å². The predicted molar refractivity (Wildman–Crippen MR) is 106 cm³/mol. The number of aliphatic hydroxyl groups is 1. The summed E-state index contributed by atoms with van der Waals surface area (Å²) in [7, 11) is 0. The van der Waals surface area contributed by atoms with Crippen LogP contribution >= 0.6 is 0 Å². The SMILES string of the molecule is C=C[C@@]1(C)CC(=O)[C@@]23OS(=O)O[C@H]4CCC(C)(C)[C@H](C(O)C(OC(C)=O)[C@H]2O1)C43C. The van der Waals surface area contributed by atoms with Crippen LogP contribution in [-0.4, -0.2) is 56.7 Å². The Labute approximate surface area is 179 Å². The summed E-state index contributed by atoms with van der Waals surface area (Å²) in [6, 6.07) is 0. The van der Waals surface area contributed by atoms with Gasteiger partial charge in [0.05, 0.1) is 17.8 Å². The van der Waals surface area contributed by atoms with E-state index in [1.165, 1.54) is 13.0 Å². The first-order valence-electron chi connectivity index (χ1n) is 10.3. The van der Waals surface area contributed by atoms with Gasteiger partial charge in [-0.3, -0.25) is 18.0 Å². The normalized spacial score (nSPS) is 52.0. The van der Waals surface area contributed by atoms with Crippen molar-refractivity contribution in [2.75, 3.05) is 0 Å². The zero-order chi connectivity index (χ0) is 22.3. The van der Waals surface area contributed by atoms with Gasteiger partial charge in [0.2, 0.25) is 0 Å². The lowest BCUT2D eigenvalue weighted by molar-refractivity contribution is -0.336. The lowest BCUT2D eigenvalue weighted by atomic mass is 9.42. The molecular weight excluding hydrogens is 412 g/mol. The van der Waals surface area contributed by atoms with E-state index in [4.69, 9.17) is 17.8 Å². The number of rotatable bonds is 2. The van der Waals surface area contributed by atoms with Gasteiger partial charge in [-0.25, -0.2) is 0 Å². The Morgan fingerprint density at radius 1 is 1.33 bits per heavy atom. The number of ether oxygens (including phenoxy) is 2. The Hall–Kier alpha value is -1.13. The smallest absolute Gasteiger partial charge is 0.306 e. The maximum absolute atomic E-state index is 13.8. The van der Waals surface area contributed by atoms with E-state index in [0.29, 0.717) is 12.8 Å². The Kier molecular flexibility index (Phi) is 4.92. The average molecular weight is 443 g/mol. The molecule has 0 amide bonds. The number of hydrogen-bond acceptors (Lipinski definition) is 8. The van der Waals surface area contributed by atoms with E-state index in [-0.39, 0.29) is 12.2 Å². The van der Waals surface area contributed by atoms with Crippen LogP contribution in [0, 0.1) is 16.7 Å². The third-order valence-corrected chi connectivity index (χ3v) is 8.62. The minimum atomic E-state index is -2.18. The topological polar surface area (TPSA) is 108 Å². The second-order valence-electron chi connectivity index (χ2n) is 10.1. The van der Waals surface area contributed by atoms with Crippen LogP contribution in [0.3, 0.4) is 0 Å². The summed E-state index contributed by atoms with van der Waals surface area (Å²) >= 11 is -2.18. The van der Waals surface area contributed by atoms with E-state index < -0.39 is 69.7 Å². The number of Topliss-reactive ketones (excluding diaryl/α,β-unsaturated/α-hetero) is 1. The van der Waals surface area contributed by atoms with Crippen molar-refractivity contribution in [1.82, 2.24) is 0 Å². The van der Waals surface area contributed by atoms with E-state index in [1.807, 2.05) is 20.8 Å². The molecule has 30 heavy (non-hydrogen) atoms. The fraction of sp³-hybridized carbons (Fsp3) is 0.810. The second kappa shape index (κ2) is 6.68. The van der Waals surface area contributed by atoms with Crippen molar-refractivity contribution in [3.05, 3.63) is 12.7 Å². The molecule has 9 heteroatoms. The molecule has 8 nitrogen and oxygen atoms in total. The van der Waals surface area contributed by atoms with E-state index >= 15 is 0 Å². The summed E-state index contributed by atoms with van der Waals surface area (Å²) < 4.78 is 36.0. The van der Waals surface area contributed by atoms with Crippen LogP contribution in [0.25, 0.3) is 0 Å². The molecule has 2 heterocycles. The number of esters is 1. The van der Waals surface area contributed by atoms with Crippen molar-refractivity contribution in [3.8, 4) is 0 Å². The molecule has 2 aliphatic carbocycles. The van der Waals surface area contributed by atoms with Crippen molar-refractivity contribution in [2.24, 2.45) is 16.7 Å². The van der Waals surface area contributed by atoms with Crippen molar-refractivity contribution >= 4 is 23.1 Å². The Morgan fingerprint density at radius 2 is 2.00 bits per heavy atom. The zero-order valence-corrected chi connectivity index (χ0v) is 18.8. The fourth-order valence-corrected chi connectivity index (χ4v) is 7.66. The largest absolute Gasteiger partial charge is 0.457 e. The van der Waals surface area contributed by atoms with Gasteiger partial charge in [-0.05, 0) is 25.2 Å².